The van der Waals surface area contributed by atoms with Gasteiger partial charge in [-0.15, -0.1) is 0 Å². The number of aliphatic hydroxyl groups is 1. The zero-order valence-electron chi connectivity index (χ0n) is 8.37. The van der Waals surface area contributed by atoms with Gasteiger partial charge in [0, 0.05) is 5.92 Å². The molecule has 0 aromatic carbocycles. The van der Waals surface area contributed by atoms with Crippen molar-refractivity contribution in [3.05, 3.63) is 35.2 Å². The first-order valence-corrected chi connectivity index (χ1v) is 5.00. The third kappa shape index (κ3) is 1.13. The Morgan fingerprint density at radius 3 is 3.00 bits per heavy atom. The standard InChI is InChI=1S/C10H10N4O2/c15-3-6-1-2-7(6)14-5-13-8-9(14)11-4-12-10(8)16/h1-2,4-7,15H,3H2,(H,11,12,16)/t6-,7-/m0/s1. The molecule has 16 heavy (non-hydrogen) atoms. The van der Waals surface area contributed by atoms with Crippen LogP contribution in [0, 0.1) is 5.92 Å². The van der Waals surface area contributed by atoms with Crippen LogP contribution in [0.15, 0.2) is 29.6 Å². The van der Waals surface area contributed by atoms with E-state index >= 15 is 0 Å². The number of nitrogens with one attached hydrogen (secondary N) is 1. The van der Waals surface area contributed by atoms with E-state index in [1.54, 1.807) is 6.33 Å². The number of H-pyrrole nitrogens is 1. The number of rotatable bonds is 2. The maximum Gasteiger partial charge on any atom is 0.278 e. The van der Waals surface area contributed by atoms with E-state index in [1.165, 1.54) is 6.33 Å². The molecule has 6 nitrogen and oxygen atoms in total. The number of aromatic amines is 1. The molecule has 0 amide bonds. The summed E-state index contributed by atoms with van der Waals surface area (Å²) in [5, 5.41) is 9.11. The van der Waals surface area contributed by atoms with E-state index in [0.29, 0.717) is 11.2 Å². The maximum absolute atomic E-state index is 11.4. The summed E-state index contributed by atoms with van der Waals surface area (Å²) in [4.78, 5) is 22.0. The molecule has 0 aliphatic heterocycles. The quantitative estimate of drug-likeness (QED) is 0.686. The minimum atomic E-state index is -0.243. The Balaban J connectivity index is 2.16. The summed E-state index contributed by atoms with van der Waals surface area (Å²) in [6.45, 7) is 0.0873. The molecule has 1 aliphatic rings. The highest BCUT2D eigenvalue weighted by molar-refractivity contribution is 5.69. The van der Waals surface area contributed by atoms with E-state index in [2.05, 4.69) is 15.0 Å². The molecule has 2 aromatic rings. The Morgan fingerprint density at radius 1 is 1.44 bits per heavy atom. The van der Waals surface area contributed by atoms with Gasteiger partial charge in [-0.3, -0.25) is 4.79 Å². The molecule has 82 valence electrons. The van der Waals surface area contributed by atoms with Crippen LogP contribution in [0.3, 0.4) is 0 Å². The van der Waals surface area contributed by atoms with Crippen molar-refractivity contribution in [3.63, 3.8) is 0 Å². The molecule has 2 heterocycles. The molecular weight excluding hydrogens is 208 g/mol. The molecule has 0 saturated carbocycles. The minimum absolute atomic E-state index is 0.0456. The Morgan fingerprint density at radius 2 is 2.31 bits per heavy atom. The van der Waals surface area contributed by atoms with Gasteiger partial charge in [-0.1, -0.05) is 12.2 Å². The van der Waals surface area contributed by atoms with Crippen LogP contribution in [0.5, 0.6) is 0 Å². The van der Waals surface area contributed by atoms with Crippen LogP contribution in [-0.4, -0.2) is 31.2 Å². The van der Waals surface area contributed by atoms with Crippen molar-refractivity contribution in [1.82, 2.24) is 19.5 Å². The second-order valence-electron chi connectivity index (χ2n) is 3.78. The SMILES string of the molecule is O=c1[nH]cnc2c1ncn2[C@H]1C=C[C@H]1CO. The van der Waals surface area contributed by atoms with Crippen molar-refractivity contribution in [2.24, 2.45) is 5.92 Å². The normalized spacial score (nSPS) is 23.6. The van der Waals surface area contributed by atoms with Crippen molar-refractivity contribution in [2.45, 2.75) is 6.04 Å². The van der Waals surface area contributed by atoms with Gasteiger partial charge in [0.15, 0.2) is 11.2 Å². The van der Waals surface area contributed by atoms with Crippen LogP contribution >= 0.6 is 0 Å². The van der Waals surface area contributed by atoms with Gasteiger partial charge in [-0.2, -0.15) is 0 Å². The van der Waals surface area contributed by atoms with E-state index in [9.17, 15) is 4.79 Å². The first-order valence-electron chi connectivity index (χ1n) is 5.00. The Labute approximate surface area is 90.3 Å². The predicted octanol–water partition coefficient (Wildman–Crippen LogP) is -0.161. The van der Waals surface area contributed by atoms with Gasteiger partial charge in [0.05, 0.1) is 25.3 Å². The number of hydrogen-bond acceptors (Lipinski definition) is 4. The number of aliphatic hydroxyl groups excluding tert-OH is 1. The summed E-state index contributed by atoms with van der Waals surface area (Å²) in [5.41, 5.74) is 0.642. The predicted molar refractivity (Wildman–Crippen MR) is 56.9 cm³/mol. The fourth-order valence-corrected chi connectivity index (χ4v) is 1.92. The second kappa shape index (κ2) is 3.28. The van der Waals surface area contributed by atoms with E-state index < -0.39 is 0 Å². The third-order valence-corrected chi connectivity index (χ3v) is 2.89. The highest BCUT2D eigenvalue weighted by atomic mass is 16.3. The van der Waals surface area contributed by atoms with E-state index in [-0.39, 0.29) is 24.1 Å². The molecule has 0 spiro atoms. The smallest absolute Gasteiger partial charge is 0.278 e. The van der Waals surface area contributed by atoms with Crippen LogP contribution in [0.2, 0.25) is 0 Å². The Hall–Kier alpha value is -1.95. The molecular formula is C10H10N4O2. The van der Waals surface area contributed by atoms with Crippen molar-refractivity contribution in [1.29, 1.82) is 0 Å². The van der Waals surface area contributed by atoms with E-state index in [1.807, 2.05) is 16.7 Å². The average Bonchev–Trinajstić information content (AvgIpc) is 2.63. The van der Waals surface area contributed by atoms with Gasteiger partial charge in [0.2, 0.25) is 0 Å². The van der Waals surface area contributed by atoms with Crippen LogP contribution in [0.1, 0.15) is 6.04 Å². The molecule has 2 atom stereocenters. The van der Waals surface area contributed by atoms with Gasteiger partial charge in [0.1, 0.15) is 0 Å². The lowest BCUT2D eigenvalue weighted by atomic mass is 9.89. The number of nitrogens with zero attached hydrogens (tertiary/aromatic N) is 3. The van der Waals surface area contributed by atoms with Crippen LogP contribution < -0.4 is 5.56 Å². The fourth-order valence-electron chi connectivity index (χ4n) is 1.92. The number of aromatic nitrogens is 4. The molecule has 2 aromatic heterocycles. The summed E-state index contributed by atoms with van der Waals surface area (Å²) >= 11 is 0. The molecule has 2 N–H and O–H groups in total. The topological polar surface area (TPSA) is 83.8 Å². The monoisotopic (exact) mass is 218 g/mol. The van der Waals surface area contributed by atoms with Gasteiger partial charge in [-0.25, -0.2) is 9.97 Å². The summed E-state index contributed by atoms with van der Waals surface area (Å²) in [6, 6.07) is 0.0456. The van der Waals surface area contributed by atoms with E-state index in [4.69, 9.17) is 5.11 Å². The van der Waals surface area contributed by atoms with Crippen LogP contribution in [0.4, 0.5) is 0 Å². The van der Waals surface area contributed by atoms with Crippen molar-refractivity contribution in [2.75, 3.05) is 6.61 Å². The maximum atomic E-state index is 11.4. The number of imidazole rings is 1. The fraction of sp³-hybridized carbons (Fsp3) is 0.300. The van der Waals surface area contributed by atoms with Gasteiger partial charge in [0.25, 0.3) is 5.56 Å². The Kier molecular flexibility index (Phi) is 1.90. The van der Waals surface area contributed by atoms with Gasteiger partial charge < -0.3 is 14.7 Å². The van der Waals surface area contributed by atoms with Crippen molar-refractivity contribution < 1.29 is 5.11 Å². The summed E-state index contributed by atoms with van der Waals surface area (Å²) < 4.78 is 1.81. The second-order valence-corrected chi connectivity index (χ2v) is 3.78. The highest BCUT2D eigenvalue weighted by Crippen LogP contribution is 2.31. The van der Waals surface area contributed by atoms with E-state index in [0.717, 1.165) is 0 Å². The third-order valence-electron chi connectivity index (χ3n) is 2.89. The van der Waals surface area contributed by atoms with Gasteiger partial charge >= 0.3 is 0 Å². The molecule has 0 unspecified atom stereocenters. The van der Waals surface area contributed by atoms with Crippen molar-refractivity contribution >= 4 is 11.2 Å². The van der Waals surface area contributed by atoms with Crippen molar-refractivity contribution in [3.8, 4) is 0 Å². The average molecular weight is 218 g/mol. The molecule has 6 heteroatoms. The summed E-state index contributed by atoms with van der Waals surface area (Å²) in [7, 11) is 0. The largest absolute Gasteiger partial charge is 0.396 e. The minimum Gasteiger partial charge on any atom is -0.396 e. The zero-order chi connectivity index (χ0) is 11.1. The molecule has 0 saturated heterocycles. The zero-order valence-corrected chi connectivity index (χ0v) is 8.37. The summed E-state index contributed by atoms with van der Waals surface area (Å²) in [6.07, 6.45) is 6.84. The molecule has 3 rings (SSSR count). The number of allylic oxidation sites excluding steroid dienone is 1. The molecule has 0 bridgehead atoms. The lowest BCUT2D eigenvalue weighted by Crippen LogP contribution is -2.25. The highest BCUT2D eigenvalue weighted by Gasteiger charge is 2.26. The number of hydrogen-bond donors (Lipinski definition) is 2. The molecule has 0 radical (unpaired) electrons. The molecule has 0 fully saturated rings. The van der Waals surface area contributed by atoms with Crippen LogP contribution in [-0.2, 0) is 0 Å². The van der Waals surface area contributed by atoms with Crippen LogP contribution in [0.25, 0.3) is 11.2 Å². The first kappa shape index (κ1) is 9.29. The summed E-state index contributed by atoms with van der Waals surface area (Å²) in [5.74, 6) is 0.0819. The number of fused-ring (bicyclic) bond motifs is 1. The lowest BCUT2D eigenvalue weighted by Gasteiger charge is -2.28. The van der Waals surface area contributed by atoms with Gasteiger partial charge in [-0.05, 0) is 0 Å². The molecule has 1 aliphatic carbocycles. The Bertz CT molecular complexity index is 613. The first-order chi connectivity index (χ1) is 7.81. The lowest BCUT2D eigenvalue weighted by molar-refractivity contribution is 0.212.